The number of hydrogen-bond acceptors (Lipinski definition) is 4. The van der Waals surface area contributed by atoms with E-state index in [1.54, 1.807) is 4.90 Å². The van der Waals surface area contributed by atoms with Gasteiger partial charge in [0.25, 0.3) is 5.91 Å². The third kappa shape index (κ3) is 2.64. The van der Waals surface area contributed by atoms with Gasteiger partial charge in [-0.3, -0.25) is 4.79 Å². The summed E-state index contributed by atoms with van der Waals surface area (Å²) in [6.07, 6.45) is 3.71. The minimum atomic E-state index is 0.101. The smallest absolute Gasteiger partial charge is 0.254 e. The van der Waals surface area contributed by atoms with Gasteiger partial charge in [0.15, 0.2) is 0 Å². The Bertz CT molecular complexity index is 796. The Hall–Kier alpha value is -2.43. The molecule has 1 aromatic heterocycles. The number of aryl methyl sites for hydroxylation is 1. The van der Waals surface area contributed by atoms with Gasteiger partial charge in [0.2, 0.25) is 5.95 Å². The molecular weight excluding hydrogens is 300 g/mol. The lowest BCUT2D eigenvalue weighted by atomic mass is 10.0. The van der Waals surface area contributed by atoms with Crippen LogP contribution in [-0.2, 0) is 6.54 Å². The van der Waals surface area contributed by atoms with Gasteiger partial charge in [-0.05, 0) is 49.9 Å². The fraction of sp³-hybridized carbons (Fsp3) is 0.421. The molecule has 4 rings (SSSR count). The van der Waals surface area contributed by atoms with Crippen LogP contribution in [0.25, 0.3) is 11.3 Å². The van der Waals surface area contributed by atoms with E-state index in [0.717, 1.165) is 47.1 Å². The van der Waals surface area contributed by atoms with E-state index in [1.807, 2.05) is 32.2 Å². The van der Waals surface area contributed by atoms with Crippen LogP contribution in [-0.4, -0.2) is 40.9 Å². The number of nitrogens with zero attached hydrogens (tertiary/aromatic N) is 4. The topological polar surface area (TPSA) is 49.3 Å². The largest absolute Gasteiger partial charge is 0.341 e. The molecule has 0 radical (unpaired) electrons. The van der Waals surface area contributed by atoms with Crippen molar-refractivity contribution in [2.75, 3.05) is 25.0 Å². The van der Waals surface area contributed by atoms with Gasteiger partial charge in [0.05, 0.1) is 5.69 Å². The lowest BCUT2D eigenvalue weighted by Gasteiger charge is -2.27. The fourth-order valence-electron chi connectivity index (χ4n) is 3.56. The molecule has 1 amide bonds. The molecule has 5 nitrogen and oxygen atoms in total. The number of carbonyl (C=O) groups is 1. The maximum atomic E-state index is 12.1. The number of fused-ring (bicyclic) bond motifs is 1. The Labute approximate surface area is 142 Å². The summed E-state index contributed by atoms with van der Waals surface area (Å²) in [4.78, 5) is 25.5. The highest BCUT2D eigenvalue weighted by Crippen LogP contribution is 2.28. The molecule has 1 fully saturated rings. The summed E-state index contributed by atoms with van der Waals surface area (Å²) in [5, 5.41) is 0. The van der Waals surface area contributed by atoms with Crippen molar-refractivity contribution in [2.45, 2.75) is 32.7 Å². The first-order valence-corrected chi connectivity index (χ1v) is 8.61. The van der Waals surface area contributed by atoms with Crippen molar-refractivity contribution in [3.8, 4) is 11.3 Å². The molecule has 5 heteroatoms. The highest BCUT2D eigenvalue weighted by atomic mass is 16.2. The van der Waals surface area contributed by atoms with Crippen LogP contribution >= 0.6 is 0 Å². The van der Waals surface area contributed by atoms with Crippen LogP contribution in [0.5, 0.6) is 0 Å². The van der Waals surface area contributed by atoms with E-state index in [0.29, 0.717) is 6.54 Å². The van der Waals surface area contributed by atoms with Crippen LogP contribution in [0.4, 0.5) is 5.95 Å². The minimum Gasteiger partial charge on any atom is -0.341 e. The third-order valence-electron chi connectivity index (χ3n) is 4.87. The van der Waals surface area contributed by atoms with Crippen molar-refractivity contribution in [3.05, 3.63) is 41.1 Å². The van der Waals surface area contributed by atoms with Gasteiger partial charge in [-0.1, -0.05) is 6.07 Å². The molecule has 1 saturated heterocycles. The summed E-state index contributed by atoms with van der Waals surface area (Å²) in [6.45, 7) is 4.76. The number of hydrogen-bond donors (Lipinski definition) is 0. The van der Waals surface area contributed by atoms with E-state index in [-0.39, 0.29) is 5.91 Å². The van der Waals surface area contributed by atoms with Gasteiger partial charge in [0, 0.05) is 43.5 Å². The number of piperidine rings is 1. The predicted octanol–water partition coefficient (Wildman–Crippen LogP) is 3.03. The Balaban J connectivity index is 1.71. The van der Waals surface area contributed by atoms with E-state index in [4.69, 9.17) is 4.98 Å². The van der Waals surface area contributed by atoms with Crippen molar-refractivity contribution >= 4 is 11.9 Å². The van der Waals surface area contributed by atoms with E-state index < -0.39 is 0 Å². The van der Waals surface area contributed by atoms with Crippen LogP contribution in [0.3, 0.4) is 0 Å². The molecule has 0 atom stereocenters. The molecule has 24 heavy (non-hydrogen) atoms. The Morgan fingerprint density at radius 3 is 2.62 bits per heavy atom. The van der Waals surface area contributed by atoms with Gasteiger partial charge in [-0.15, -0.1) is 0 Å². The molecule has 2 aromatic rings. The normalized spacial score (nSPS) is 17.3. The first kappa shape index (κ1) is 15.1. The minimum absolute atomic E-state index is 0.101. The van der Waals surface area contributed by atoms with Gasteiger partial charge in [0.1, 0.15) is 0 Å². The van der Waals surface area contributed by atoms with Crippen molar-refractivity contribution in [1.82, 2.24) is 14.9 Å². The monoisotopic (exact) mass is 322 g/mol. The zero-order valence-corrected chi connectivity index (χ0v) is 14.2. The van der Waals surface area contributed by atoms with Crippen molar-refractivity contribution in [2.24, 2.45) is 0 Å². The first-order chi connectivity index (χ1) is 11.6. The summed E-state index contributed by atoms with van der Waals surface area (Å²) in [5.74, 6) is 0.933. The second kappa shape index (κ2) is 5.89. The molecule has 2 aliphatic heterocycles. The lowest BCUT2D eigenvalue weighted by Crippen LogP contribution is -2.31. The quantitative estimate of drug-likeness (QED) is 0.853. The number of benzene rings is 1. The van der Waals surface area contributed by atoms with Crippen LogP contribution in [0.1, 0.15) is 40.9 Å². The second-order valence-electron chi connectivity index (χ2n) is 6.78. The molecule has 1 aromatic carbocycles. The van der Waals surface area contributed by atoms with Crippen LogP contribution in [0.15, 0.2) is 24.3 Å². The standard InChI is InChI=1S/C19H22N4O/c1-13-10-17(21-19(20-13)23-8-4-3-5-9-23)14-6-7-16-15(11-14)12-22(2)18(16)24/h6-7,10-11H,3-5,8-9,12H2,1-2H3. The number of amides is 1. The number of rotatable bonds is 2. The van der Waals surface area contributed by atoms with Gasteiger partial charge < -0.3 is 9.80 Å². The predicted molar refractivity (Wildman–Crippen MR) is 94.1 cm³/mol. The summed E-state index contributed by atoms with van der Waals surface area (Å²) in [7, 11) is 1.84. The van der Waals surface area contributed by atoms with Gasteiger partial charge in [-0.25, -0.2) is 9.97 Å². The first-order valence-electron chi connectivity index (χ1n) is 8.61. The Morgan fingerprint density at radius 1 is 1.04 bits per heavy atom. The number of anilines is 1. The van der Waals surface area contributed by atoms with E-state index in [1.165, 1.54) is 19.3 Å². The van der Waals surface area contributed by atoms with Crippen molar-refractivity contribution in [3.63, 3.8) is 0 Å². The average molecular weight is 322 g/mol. The molecule has 0 bridgehead atoms. The second-order valence-corrected chi connectivity index (χ2v) is 6.78. The molecule has 124 valence electrons. The molecule has 2 aliphatic rings. The lowest BCUT2D eigenvalue weighted by molar-refractivity contribution is 0.0816. The third-order valence-corrected chi connectivity index (χ3v) is 4.87. The maximum absolute atomic E-state index is 12.1. The van der Waals surface area contributed by atoms with E-state index in [9.17, 15) is 4.79 Å². The zero-order valence-electron chi connectivity index (χ0n) is 14.2. The molecular formula is C19H22N4O. The highest BCUT2D eigenvalue weighted by Gasteiger charge is 2.24. The maximum Gasteiger partial charge on any atom is 0.254 e. The zero-order chi connectivity index (χ0) is 16.7. The highest BCUT2D eigenvalue weighted by molar-refractivity contribution is 5.98. The Kier molecular flexibility index (Phi) is 3.71. The summed E-state index contributed by atoms with van der Waals surface area (Å²) in [5.41, 5.74) is 4.86. The molecule has 3 heterocycles. The molecule has 0 unspecified atom stereocenters. The van der Waals surface area contributed by atoms with Crippen molar-refractivity contribution in [1.29, 1.82) is 0 Å². The van der Waals surface area contributed by atoms with E-state index in [2.05, 4.69) is 16.0 Å². The number of aromatic nitrogens is 2. The summed E-state index contributed by atoms with van der Waals surface area (Å²) >= 11 is 0. The summed E-state index contributed by atoms with van der Waals surface area (Å²) < 4.78 is 0. The van der Waals surface area contributed by atoms with Crippen LogP contribution < -0.4 is 4.90 Å². The van der Waals surface area contributed by atoms with Gasteiger partial charge in [-0.2, -0.15) is 0 Å². The van der Waals surface area contributed by atoms with Crippen molar-refractivity contribution < 1.29 is 4.79 Å². The molecule has 0 N–H and O–H groups in total. The Morgan fingerprint density at radius 2 is 1.83 bits per heavy atom. The van der Waals surface area contributed by atoms with E-state index >= 15 is 0 Å². The van der Waals surface area contributed by atoms with Crippen LogP contribution in [0, 0.1) is 6.92 Å². The SMILES string of the molecule is Cc1cc(-c2ccc3c(c2)CN(C)C3=O)nc(N2CCCCC2)n1. The van der Waals surface area contributed by atoms with Crippen LogP contribution in [0.2, 0.25) is 0 Å². The summed E-state index contributed by atoms with van der Waals surface area (Å²) in [6, 6.07) is 8.04. The average Bonchev–Trinajstić information content (AvgIpc) is 2.89. The fourth-order valence-corrected chi connectivity index (χ4v) is 3.56. The van der Waals surface area contributed by atoms with Gasteiger partial charge >= 0.3 is 0 Å². The molecule has 0 aliphatic carbocycles. The number of carbonyl (C=O) groups excluding carboxylic acids is 1. The molecule has 0 saturated carbocycles. The molecule has 0 spiro atoms.